The van der Waals surface area contributed by atoms with E-state index in [1.165, 1.54) is 31.2 Å². The molecule has 0 spiro atoms. The average molecular weight is 250 g/mol. The summed E-state index contributed by atoms with van der Waals surface area (Å²) < 4.78 is 13.6. The van der Waals surface area contributed by atoms with Crippen LogP contribution in [0, 0.1) is 5.82 Å². The maximum Gasteiger partial charge on any atom is 0.240 e. The van der Waals surface area contributed by atoms with Crippen LogP contribution in [0.5, 0.6) is 0 Å². The van der Waals surface area contributed by atoms with Crippen LogP contribution in [-0.4, -0.2) is 24.9 Å². The number of rotatable bonds is 5. The predicted octanol–water partition coefficient (Wildman–Crippen LogP) is 1.48. The van der Waals surface area contributed by atoms with Crippen molar-refractivity contribution in [3.63, 3.8) is 0 Å². The van der Waals surface area contributed by atoms with E-state index in [-0.39, 0.29) is 18.1 Å². The molecule has 0 fully saturated rings. The van der Waals surface area contributed by atoms with Crippen LogP contribution in [0.2, 0.25) is 0 Å². The molecule has 0 heterocycles. The lowest BCUT2D eigenvalue weighted by atomic mass is 10.2. The minimum atomic E-state index is -0.538. The van der Waals surface area contributed by atoms with Crippen LogP contribution in [-0.2, 0) is 9.59 Å². The Kier molecular flexibility index (Phi) is 5.05. The highest BCUT2D eigenvalue weighted by atomic mass is 19.1. The van der Waals surface area contributed by atoms with Crippen LogP contribution < -0.4 is 10.2 Å². The molecule has 0 saturated heterocycles. The van der Waals surface area contributed by atoms with Crippen LogP contribution >= 0.6 is 0 Å². The van der Waals surface area contributed by atoms with E-state index in [0.717, 1.165) is 4.90 Å². The van der Waals surface area contributed by atoms with Gasteiger partial charge in [0, 0.05) is 13.5 Å². The van der Waals surface area contributed by atoms with Gasteiger partial charge in [0.25, 0.3) is 0 Å². The third-order valence-corrected chi connectivity index (χ3v) is 2.27. The van der Waals surface area contributed by atoms with E-state index >= 15 is 0 Å². The largest absolute Gasteiger partial charge is 0.351 e. The highest BCUT2D eigenvalue weighted by Gasteiger charge is 2.18. The molecule has 0 aliphatic carbocycles. The van der Waals surface area contributed by atoms with Crippen molar-refractivity contribution in [3.05, 3.63) is 42.7 Å². The van der Waals surface area contributed by atoms with Gasteiger partial charge in [0.2, 0.25) is 11.8 Å². The van der Waals surface area contributed by atoms with E-state index in [4.69, 9.17) is 0 Å². The Hall–Kier alpha value is -2.17. The summed E-state index contributed by atoms with van der Waals surface area (Å²) in [4.78, 5) is 24.1. The summed E-state index contributed by atoms with van der Waals surface area (Å²) in [6, 6.07) is 5.83. The van der Waals surface area contributed by atoms with Crippen molar-refractivity contribution in [1.82, 2.24) is 5.32 Å². The molecule has 0 unspecified atom stereocenters. The van der Waals surface area contributed by atoms with E-state index in [9.17, 15) is 14.0 Å². The lowest BCUT2D eigenvalue weighted by molar-refractivity contribution is -0.122. The Labute approximate surface area is 105 Å². The Balaban J connectivity index is 2.84. The first-order valence-corrected chi connectivity index (χ1v) is 5.46. The lowest BCUT2D eigenvalue weighted by Crippen LogP contribution is -2.40. The van der Waals surface area contributed by atoms with Crippen LogP contribution in [0.15, 0.2) is 36.9 Å². The summed E-state index contributed by atoms with van der Waals surface area (Å²) in [6.07, 6.45) is 1.53. The van der Waals surface area contributed by atoms with Gasteiger partial charge < -0.3 is 10.2 Å². The molecule has 0 atom stereocenters. The molecule has 1 N–H and O–H groups in total. The molecule has 1 aromatic carbocycles. The first kappa shape index (κ1) is 13.9. The highest BCUT2D eigenvalue weighted by molar-refractivity contribution is 5.97. The number of carbonyl (C=O) groups excluding carboxylic acids is 2. The molecular formula is C13H15FN2O2. The van der Waals surface area contributed by atoms with Crippen LogP contribution in [0.3, 0.4) is 0 Å². The molecule has 1 aromatic rings. The number of nitrogens with one attached hydrogen (secondary N) is 1. The molecule has 0 bridgehead atoms. The highest BCUT2D eigenvalue weighted by Crippen LogP contribution is 2.18. The van der Waals surface area contributed by atoms with Crippen LogP contribution in [0.1, 0.15) is 6.92 Å². The van der Waals surface area contributed by atoms with Gasteiger partial charge in [-0.15, -0.1) is 6.58 Å². The number of hydrogen-bond donors (Lipinski definition) is 1. The van der Waals surface area contributed by atoms with Crippen molar-refractivity contribution < 1.29 is 14.0 Å². The number of anilines is 1. The lowest BCUT2D eigenvalue weighted by Gasteiger charge is -2.20. The third-order valence-electron chi connectivity index (χ3n) is 2.27. The van der Waals surface area contributed by atoms with E-state index < -0.39 is 11.7 Å². The van der Waals surface area contributed by atoms with Gasteiger partial charge in [0.05, 0.1) is 5.69 Å². The average Bonchev–Trinajstić information content (AvgIpc) is 2.34. The standard InChI is InChI=1S/C13H15FN2O2/c1-3-8-15-13(18)9-16(10(2)17)12-7-5-4-6-11(12)14/h3-7H,1,8-9H2,2H3,(H,15,18). The van der Waals surface area contributed by atoms with Gasteiger partial charge >= 0.3 is 0 Å². The first-order valence-electron chi connectivity index (χ1n) is 5.46. The normalized spacial score (nSPS) is 9.67. The van der Waals surface area contributed by atoms with E-state index in [1.54, 1.807) is 6.07 Å². The first-order chi connectivity index (χ1) is 8.56. The number of nitrogens with zero attached hydrogens (tertiary/aromatic N) is 1. The van der Waals surface area contributed by atoms with Crippen LogP contribution in [0.4, 0.5) is 10.1 Å². The monoisotopic (exact) mass is 250 g/mol. The molecule has 0 aliphatic rings. The smallest absolute Gasteiger partial charge is 0.240 e. The number of carbonyl (C=O) groups is 2. The Bertz CT molecular complexity index is 460. The van der Waals surface area contributed by atoms with Gasteiger partial charge in [0.15, 0.2) is 0 Å². The van der Waals surface area contributed by atoms with Gasteiger partial charge in [-0.05, 0) is 12.1 Å². The fourth-order valence-electron chi connectivity index (χ4n) is 1.42. The Morgan fingerprint density at radius 3 is 2.67 bits per heavy atom. The molecule has 5 heteroatoms. The third kappa shape index (κ3) is 3.69. The molecule has 0 aromatic heterocycles. The van der Waals surface area contributed by atoms with Gasteiger partial charge in [-0.1, -0.05) is 18.2 Å². The van der Waals surface area contributed by atoms with E-state index in [2.05, 4.69) is 11.9 Å². The van der Waals surface area contributed by atoms with Crippen molar-refractivity contribution >= 4 is 17.5 Å². The molecule has 18 heavy (non-hydrogen) atoms. The number of para-hydroxylation sites is 1. The van der Waals surface area contributed by atoms with E-state index in [1.807, 2.05) is 0 Å². The number of halogens is 1. The second kappa shape index (κ2) is 6.54. The van der Waals surface area contributed by atoms with Crippen molar-refractivity contribution in [2.75, 3.05) is 18.0 Å². The van der Waals surface area contributed by atoms with Gasteiger partial charge in [0.1, 0.15) is 12.4 Å². The molecule has 0 radical (unpaired) electrons. The molecule has 0 aliphatic heterocycles. The molecular weight excluding hydrogens is 235 g/mol. The molecule has 4 nitrogen and oxygen atoms in total. The summed E-state index contributed by atoms with van der Waals surface area (Å²) in [6.45, 7) is 4.84. The fraction of sp³-hybridized carbons (Fsp3) is 0.231. The predicted molar refractivity (Wildman–Crippen MR) is 67.6 cm³/mol. The number of hydrogen-bond acceptors (Lipinski definition) is 2. The van der Waals surface area contributed by atoms with Crippen molar-refractivity contribution in [2.45, 2.75) is 6.92 Å². The number of amides is 2. The number of benzene rings is 1. The molecule has 2 amide bonds. The molecule has 1 rings (SSSR count). The topological polar surface area (TPSA) is 49.4 Å². The molecule has 0 saturated carbocycles. The van der Waals surface area contributed by atoms with Gasteiger partial charge in [-0.2, -0.15) is 0 Å². The summed E-state index contributed by atoms with van der Waals surface area (Å²) in [5.41, 5.74) is 0.0961. The quantitative estimate of drug-likeness (QED) is 0.805. The SMILES string of the molecule is C=CCNC(=O)CN(C(C)=O)c1ccccc1F. The summed E-state index contributed by atoms with van der Waals surface area (Å²) in [5, 5.41) is 2.53. The summed E-state index contributed by atoms with van der Waals surface area (Å²) >= 11 is 0. The van der Waals surface area contributed by atoms with Crippen molar-refractivity contribution in [2.24, 2.45) is 0 Å². The minimum Gasteiger partial charge on any atom is -0.351 e. The van der Waals surface area contributed by atoms with Gasteiger partial charge in [-0.3, -0.25) is 9.59 Å². The fourth-order valence-corrected chi connectivity index (χ4v) is 1.42. The molecule has 96 valence electrons. The second-order valence-electron chi connectivity index (χ2n) is 3.65. The zero-order chi connectivity index (χ0) is 13.5. The van der Waals surface area contributed by atoms with Crippen molar-refractivity contribution in [1.29, 1.82) is 0 Å². The summed E-state index contributed by atoms with van der Waals surface area (Å²) in [5.74, 6) is -1.30. The Morgan fingerprint density at radius 1 is 1.44 bits per heavy atom. The van der Waals surface area contributed by atoms with Gasteiger partial charge in [-0.25, -0.2) is 4.39 Å². The van der Waals surface area contributed by atoms with Crippen molar-refractivity contribution in [3.8, 4) is 0 Å². The zero-order valence-electron chi connectivity index (χ0n) is 10.1. The van der Waals surface area contributed by atoms with E-state index in [0.29, 0.717) is 6.54 Å². The van der Waals surface area contributed by atoms with Crippen LogP contribution in [0.25, 0.3) is 0 Å². The minimum absolute atomic E-state index is 0.0961. The second-order valence-corrected chi connectivity index (χ2v) is 3.65. The maximum absolute atomic E-state index is 13.6. The summed E-state index contributed by atoms with van der Waals surface area (Å²) in [7, 11) is 0. The maximum atomic E-state index is 13.6. The Morgan fingerprint density at radius 2 is 2.11 bits per heavy atom. The zero-order valence-corrected chi connectivity index (χ0v) is 10.1.